The molecule has 2 aromatic rings. The van der Waals surface area contributed by atoms with Gasteiger partial charge in [0.05, 0.1) is 11.0 Å². The highest BCUT2D eigenvalue weighted by Crippen LogP contribution is 2.18. The molecule has 0 aliphatic carbocycles. The lowest BCUT2D eigenvalue weighted by atomic mass is 10.1. The minimum Gasteiger partial charge on any atom is -0.351 e. The highest BCUT2D eigenvalue weighted by molar-refractivity contribution is 6.39. The van der Waals surface area contributed by atoms with Gasteiger partial charge in [-0.1, -0.05) is 19.9 Å². The molecule has 0 saturated carbocycles. The van der Waals surface area contributed by atoms with E-state index < -0.39 is 0 Å². The maximum absolute atomic E-state index is 12.0. The molecule has 1 aromatic heterocycles. The van der Waals surface area contributed by atoms with Gasteiger partial charge in [-0.05, 0) is 24.1 Å². The smallest absolute Gasteiger partial charge is 0.267 e. The summed E-state index contributed by atoms with van der Waals surface area (Å²) in [5.41, 5.74) is 5.80. The summed E-state index contributed by atoms with van der Waals surface area (Å²) < 4.78 is 0. The summed E-state index contributed by atoms with van der Waals surface area (Å²) in [6, 6.07) is 6.09. The van der Waals surface area contributed by atoms with E-state index in [1.807, 2.05) is 12.1 Å². The Morgan fingerprint density at radius 2 is 2.17 bits per heavy atom. The zero-order chi connectivity index (χ0) is 17.1. The van der Waals surface area contributed by atoms with Gasteiger partial charge >= 0.3 is 0 Å². The molecule has 126 valence electrons. The third-order valence-electron chi connectivity index (χ3n) is 3.98. The number of carbonyl (C=O) groups excluding carboxylic acids is 2. The molecule has 2 heterocycles. The van der Waals surface area contributed by atoms with E-state index >= 15 is 0 Å². The maximum Gasteiger partial charge on any atom is 0.267 e. The van der Waals surface area contributed by atoms with E-state index in [0.717, 1.165) is 28.8 Å². The first kappa shape index (κ1) is 16.2. The average molecular weight is 327 g/mol. The van der Waals surface area contributed by atoms with Gasteiger partial charge in [0.25, 0.3) is 5.91 Å². The van der Waals surface area contributed by atoms with Crippen LogP contribution in [-0.4, -0.2) is 34.0 Å². The van der Waals surface area contributed by atoms with E-state index in [-0.39, 0.29) is 11.8 Å². The fraction of sp³-hybridized carbons (Fsp3) is 0.412. The average Bonchev–Trinajstić information content (AvgIpc) is 2.99. The molecule has 24 heavy (non-hydrogen) atoms. The number of hydrogen-bond donors (Lipinski definition) is 3. The van der Waals surface area contributed by atoms with Crippen molar-refractivity contribution in [3.63, 3.8) is 0 Å². The topological polar surface area (TPSA) is 99.2 Å². The second kappa shape index (κ2) is 6.82. The molecular weight excluding hydrogens is 306 g/mol. The number of hydrazone groups is 1. The Balaban J connectivity index is 1.57. The van der Waals surface area contributed by atoms with E-state index in [4.69, 9.17) is 0 Å². The number of aromatic amines is 1. The zero-order valence-electron chi connectivity index (χ0n) is 13.8. The molecule has 7 nitrogen and oxygen atoms in total. The SMILES string of the molecule is CC(C)c1nc2ccc(CCNC(=O)C3=NNC(=O)CC3)cc2[nH]1. The lowest BCUT2D eigenvalue weighted by Gasteiger charge is -2.11. The van der Waals surface area contributed by atoms with Crippen molar-refractivity contribution in [2.45, 2.75) is 39.0 Å². The predicted octanol–water partition coefficient (Wildman–Crippen LogP) is 1.61. The Labute approximate surface area is 139 Å². The lowest BCUT2D eigenvalue weighted by Crippen LogP contribution is -2.37. The van der Waals surface area contributed by atoms with Gasteiger partial charge in [-0.2, -0.15) is 5.10 Å². The molecule has 0 spiro atoms. The van der Waals surface area contributed by atoms with E-state index in [2.05, 4.69) is 45.7 Å². The summed E-state index contributed by atoms with van der Waals surface area (Å²) >= 11 is 0. The van der Waals surface area contributed by atoms with Crippen LogP contribution in [-0.2, 0) is 16.0 Å². The van der Waals surface area contributed by atoms with Crippen LogP contribution in [0.1, 0.15) is 44.0 Å². The Morgan fingerprint density at radius 1 is 1.33 bits per heavy atom. The van der Waals surface area contributed by atoms with Crippen molar-refractivity contribution >= 4 is 28.6 Å². The number of aromatic nitrogens is 2. The minimum absolute atomic E-state index is 0.153. The van der Waals surface area contributed by atoms with E-state index in [0.29, 0.717) is 31.0 Å². The van der Waals surface area contributed by atoms with Crippen molar-refractivity contribution < 1.29 is 9.59 Å². The molecule has 0 bridgehead atoms. The van der Waals surface area contributed by atoms with Gasteiger partial charge < -0.3 is 10.3 Å². The lowest BCUT2D eigenvalue weighted by molar-refractivity contribution is -0.121. The molecule has 0 fully saturated rings. The monoisotopic (exact) mass is 327 g/mol. The summed E-state index contributed by atoms with van der Waals surface area (Å²) in [6.07, 6.45) is 1.41. The molecule has 7 heteroatoms. The summed E-state index contributed by atoms with van der Waals surface area (Å²) in [6.45, 7) is 4.72. The second-order valence-electron chi connectivity index (χ2n) is 6.23. The van der Waals surface area contributed by atoms with Crippen LogP contribution >= 0.6 is 0 Å². The third kappa shape index (κ3) is 3.61. The zero-order valence-corrected chi connectivity index (χ0v) is 13.8. The van der Waals surface area contributed by atoms with Crippen LogP contribution in [0.5, 0.6) is 0 Å². The summed E-state index contributed by atoms with van der Waals surface area (Å²) in [4.78, 5) is 30.9. The number of nitrogens with one attached hydrogen (secondary N) is 3. The number of hydrogen-bond acceptors (Lipinski definition) is 4. The Kier molecular flexibility index (Phi) is 4.59. The number of H-pyrrole nitrogens is 1. The molecule has 1 aliphatic rings. The van der Waals surface area contributed by atoms with E-state index in [1.165, 1.54) is 0 Å². The van der Waals surface area contributed by atoms with Crippen LogP contribution in [0.2, 0.25) is 0 Å². The van der Waals surface area contributed by atoms with Crippen molar-refractivity contribution in [3.8, 4) is 0 Å². The van der Waals surface area contributed by atoms with Crippen molar-refractivity contribution in [3.05, 3.63) is 29.6 Å². The van der Waals surface area contributed by atoms with Gasteiger partial charge in [0.1, 0.15) is 11.5 Å². The van der Waals surface area contributed by atoms with Crippen molar-refractivity contribution in [2.75, 3.05) is 6.54 Å². The highest BCUT2D eigenvalue weighted by Gasteiger charge is 2.17. The van der Waals surface area contributed by atoms with Crippen LogP contribution in [0, 0.1) is 0 Å². The van der Waals surface area contributed by atoms with Crippen molar-refractivity contribution in [1.82, 2.24) is 20.7 Å². The molecule has 0 radical (unpaired) electrons. The molecule has 2 amide bonds. The fourth-order valence-electron chi connectivity index (χ4n) is 2.57. The van der Waals surface area contributed by atoms with Crippen LogP contribution in [0.3, 0.4) is 0 Å². The summed E-state index contributed by atoms with van der Waals surface area (Å²) in [5, 5.41) is 6.63. The number of imidazole rings is 1. The van der Waals surface area contributed by atoms with Gasteiger partial charge in [0, 0.05) is 25.3 Å². The van der Waals surface area contributed by atoms with Crippen LogP contribution < -0.4 is 10.7 Å². The van der Waals surface area contributed by atoms with Gasteiger partial charge in [0.15, 0.2) is 0 Å². The Morgan fingerprint density at radius 3 is 2.88 bits per heavy atom. The number of carbonyl (C=O) groups is 2. The van der Waals surface area contributed by atoms with Gasteiger partial charge in [-0.25, -0.2) is 10.4 Å². The fourth-order valence-corrected chi connectivity index (χ4v) is 2.57. The minimum atomic E-state index is -0.222. The van der Waals surface area contributed by atoms with Gasteiger partial charge in [0.2, 0.25) is 5.91 Å². The second-order valence-corrected chi connectivity index (χ2v) is 6.23. The molecule has 0 saturated heterocycles. The van der Waals surface area contributed by atoms with Crippen molar-refractivity contribution in [1.29, 1.82) is 0 Å². The Bertz CT molecular complexity index is 806. The summed E-state index contributed by atoms with van der Waals surface area (Å²) in [5.74, 6) is 0.963. The molecule has 0 unspecified atom stereocenters. The molecule has 3 rings (SSSR count). The molecule has 0 atom stereocenters. The quantitative estimate of drug-likeness (QED) is 0.778. The first-order valence-electron chi connectivity index (χ1n) is 8.15. The Hall–Kier alpha value is -2.70. The normalized spacial score (nSPS) is 14.6. The van der Waals surface area contributed by atoms with E-state index in [9.17, 15) is 9.59 Å². The van der Waals surface area contributed by atoms with Crippen LogP contribution in [0.4, 0.5) is 0 Å². The standard InChI is InChI=1S/C17H21N5O2/c1-10(2)16-19-12-4-3-11(9-14(12)20-16)7-8-18-17(24)13-5-6-15(23)22-21-13/h3-4,9-10H,5-8H2,1-2H3,(H,18,24)(H,19,20)(H,22,23). The summed E-state index contributed by atoms with van der Waals surface area (Å²) in [7, 11) is 0. The van der Waals surface area contributed by atoms with Crippen LogP contribution in [0.25, 0.3) is 11.0 Å². The first-order valence-corrected chi connectivity index (χ1v) is 8.15. The first-order chi connectivity index (χ1) is 11.5. The van der Waals surface area contributed by atoms with E-state index in [1.54, 1.807) is 0 Å². The number of rotatable bonds is 5. The number of fused-ring (bicyclic) bond motifs is 1. The highest BCUT2D eigenvalue weighted by atomic mass is 16.2. The number of benzene rings is 1. The van der Waals surface area contributed by atoms with Gasteiger partial charge in [-0.3, -0.25) is 9.59 Å². The third-order valence-corrected chi connectivity index (χ3v) is 3.98. The molecule has 1 aliphatic heterocycles. The molecule has 1 aromatic carbocycles. The van der Waals surface area contributed by atoms with Crippen molar-refractivity contribution in [2.24, 2.45) is 5.10 Å². The maximum atomic E-state index is 12.0. The number of nitrogens with zero attached hydrogens (tertiary/aromatic N) is 2. The predicted molar refractivity (Wildman–Crippen MR) is 91.7 cm³/mol. The largest absolute Gasteiger partial charge is 0.351 e. The van der Waals surface area contributed by atoms with Gasteiger partial charge in [-0.15, -0.1) is 0 Å². The molecule has 3 N–H and O–H groups in total. The number of amides is 2. The molecular formula is C17H21N5O2. The van der Waals surface area contributed by atoms with Crippen LogP contribution in [0.15, 0.2) is 23.3 Å².